The molecule has 0 bridgehead atoms. The van der Waals surface area contributed by atoms with E-state index in [0.29, 0.717) is 11.3 Å². The van der Waals surface area contributed by atoms with Gasteiger partial charge in [-0.15, -0.1) is 0 Å². The van der Waals surface area contributed by atoms with Crippen LogP contribution in [0.25, 0.3) is 6.08 Å². The quantitative estimate of drug-likeness (QED) is 0.318. The Bertz CT molecular complexity index is 1340. The van der Waals surface area contributed by atoms with Crippen LogP contribution in [0.15, 0.2) is 78.4 Å². The summed E-state index contributed by atoms with van der Waals surface area (Å²) in [5, 5.41) is 11.2. The van der Waals surface area contributed by atoms with Gasteiger partial charge < -0.3 is 9.84 Å². The number of aromatic carboxylic acids is 1. The number of hydrogen-bond acceptors (Lipinski definition) is 5. The third-order valence-electron chi connectivity index (χ3n) is 5.01. The predicted octanol–water partition coefficient (Wildman–Crippen LogP) is 3.93. The lowest BCUT2D eigenvalue weighted by Crippen LogP contribution is -2.54. The van der Waals surface area contributed by atoms with Crippen molar-refractivity contribution in [2.45, 2.75) is 6.61 Å². The Kier molecular flexibility index (Phi) is 6.46. The number of amides is 2. The number of thiocarbonyl (C=S) groups is 1. The van der Waals surface area contributed by atoms with Gasteiger partial charge in [-0.05, 0) is 54.2 Å². The van der Waals surface area contributed by atoms with Gasteiger partial charge in [0.2, 0.25) is 0 Å². The second-order valence-corrected chi connectivity index (χ2v) is 7.62. The monoisotopic (exact) mass is 476 g/mol. The number of hydrogen-bond donors (Lipinski definition) is 2. The van der Waals surface area contributed by atoms with Crippen molar-refractivity contribution in [3.63, 3.8) is 0 Å². The molecule has 0 spiro atoms. The van der Waals surface area contributed by atoms with Gasteiger partial charge in [0.25, 0.3) is 11.8 Å². The number of nitrogens with one attached hydrogen (secondary N) is 1. The summed E-state index contributed by atoms with van der Waals surface area (Å²) in [6.45, 7) is 0.131. The van der Waals surface area contributed by atoms with E-state index in [-0.39, 0.29) is 28.5 Å². The Morgan fingerprint density at radius 2 is 1.71 bits per heavy atom. The van der Waals surface area contributed by atoms with Crippen LogP contribution in [0.2, 0.25) is 0 Å². The first-order chi connectivity index (χ1) is 16.3. The lowest BCUT2D eigenvalue weighted by molar-refractivity contribution is -0.122. The first-order valence-corrected chi connectivity index (χ1v) is 10.5. The minimum absolute atomic E-state index is 0.0715. The molecule has 170 valence electrons. The van der Waals surface area contributed by atoms with E-state index >= 15 is 0 Å². The van der Waals surface area contributed by atoms with Gasteiger partial charge in [-0.25, -0.2) is 14.1 Å². The molecule has 2 N–H and O–H groups in total. The number of benzene rings is 3. The SMILES string of the molecule is O=C1NC(=S)N(c2ccccc2F)C(=O)/C1=C/c1ccccc1OCc1ccc(C(=O)O)cc1. The maximum atomic E-state index is 14.3. The van der Waals surface area contributed by atoms with Gasteiger partial charge in [0.15, 0.2) is 5.11 Å². The molecule has 2 amide bonds. The molecule has 34 heavy (non-hydrogen) atoms. The molecule has 0 aromatic heterocycles. The number of halogens is 1. The van der Waals surface area contributed by atoms with Crippen molar-refractivity contribution < 1.29 is 28.6 Å². The van der Waals surface area contributed by atoms with Crippen LogP contribution in [-0.4, -0.2) is 28.0 Å². The van der Waals surface area contributed by atoms with Crippen LogP contribution in [0.5, 0.6) is 5.75 Å². The largest absolute Gasteiger partial charge is 0.488 e. The lowest BCUT2D eigenvalue weighted by Gasteiger charge is -2.29. The standard InChI is InChI=1S/C25H17FN2O5S/c26-19-6-2-3-7-20(19)28-23(30)18(22(29)27-25(28)34)13-17-5-1-4-8-21(17)33-14-15-9-11-16(12-10-15)24(31)32/h1-13H,14H2,(H,31,32)(H,27,29,34)/b18-13+. The molecule has 0 saturated carbocycles. The summed E-state index contributed by atoms with van der Waals surface area (Å²) in [6, 6.07) is 18.6. The fraction of sp³-hybridized carbons (Fsp3) is 0.0400. The number of rotatable bonds is 6. The summed E-state index contributed by atoms with van der Waals surface area (Å²) in [7, 11) is 0. The second kappa shape index (κ2) is 9.63. The highest BCUT2D eigenvalue weighted by molar-refractivity contribution is 7.80. The van der Waals surface area contributed by atoms with Gasteiger partial charge in [-0.1, -0.05) is 42.5 Å². The van der Waals surface area contributed by atoms with Crippen molar-refractivity contribution in [3.05, 3.63) is 101 Å². The number of carbonyl (C=O) groups is 3. The van der Waals surface area contributed by atoms with E-state index in [0.717, 1.165) is 10.5 Å². The van der Waals surface area contributed by atoms with Crippen molar-refractivity contribution in [1.82, 2.24) is 5.32 Å². The second-order valence-electron chi connectivity index (χ2n) is 7.24. The van der Waals surface area contributed by atoms with E-state index in [1.807, 2.05) is 0 Å². The van der Waals surface area contributed by atoms with Crippen molar-refractivity contribution in [1.29, 1.82) is 0 Å². The van der Waals surface area contributed by atoms with E-state index in [2.05, 4.69) is 5.32 Å². The predicted molar refractivity (Wildman–Crippen MR) is 127 cm³/mol. The molecule has 7 nitrogen and oxygen atoms in total. The molecule has 1 saturated heterocycles. The zero-order valence-corrected chi connectivity index (χ0v) is 18.3. The first kappa shape index (κ1) is 22.8. The van der Waals surface area contributed by atoms with E-state index < -0.39 is 23.6 Å². The van der Waals surface area contributed by atoms with Gasteiger partial charge in [0.1, 0.15) is 23.7 Å². The van der Waals surface area contributed by atoms with Gasteiger partial charge in [-0.2, -0.15) is 0 Å². The molecule has 3 aromatic carbocycles. The number of para-hydroxylation sites is 2. The van der Waals surface area contributed by atoms with Crippen LogP contribution in [-0.2, 0) is 16.2 Å². The summed E-state index contributed by atoms with van der Waals surface area (Å²) in [5.41, 5.74) is 1.03. The van der Waals surface area contributed by atoms with E-state index in [1.165, 1.54) is 36.4 Å². The fourth-order valence-electron chi connectivity index (χ4n) is 3.30. The summed E-state index contributed by atoms with van der Waals surface area (Å²) in [4.78, 5) is 37.6. The van der Waals surface area contributed by atoms with Crippen LogP contribution in [0.1, 0.15) is 21.5 Å². The number of carbonyl (C=O) groups excluding carboxylic acids is 2. The van der Waals surface area contributed by atoms with E-state index in [9.17, 15) is 18.8 Å². The van der Waals surface area contributed by atoms with Gasteiger partial charge in [0.05, 0.1) is 11.3 Å². The van der Waals surface area contributed by atoms with Crippen LogP contribution < -0.4 is 15.0 Å². The normalized spacial score (nSPS) is 14.8. The highest BCUT2D eigenvalue weighted by atomic mass is 32.1. The van der Waals surface area contributed by atoms with Crippen LogP contribution in [0.4, 0.5) is 10.1 Å². The zero-order chi connectivity index (χ0) is 24.2. The zero-order valence-electron chi connectivity index (χ0n) is 17.5. The number of carboxylic acid groups (broad SMARTS) is 1. The topological polar surface area (TPSA) is 95.9 Å². The number of anilines is 1. The van der Waals surface area contributed by atoms with E-state index in [4.69, 9.17) is 22.1 Å². The average molecular weight is 476 g/mol. The van der Waals surface area contributed by atoms with Crippen LogP contribution in [0, 0.1) is 5.82 Å². The Balaban J connectivity index is 1.61. The summed E-state index contributed by atoms with van der Waals surface area (Å²) in [5.74, 6) is -2.77. The summed E-state index contributed by atoms with van der Waals surface area (Å²) >= 11 is 5.11. The molecule has 0 atom stereocenters. The molecular formula is C25H17FN2O5S. The summed E-state index contributed by atoms with van der Waals surface area (Å²) < 4.78 is 20.2. The molecule has 0 radical (unpaired) electrons. The third kappa shape index (κ3) is 4.69. The summed E-state index contributed by atoms with van der Waals surface area (Å²) in [6.07, 6.45) is 1.36. The molecule has 4 rings (SSSR count). The molecule has 3 aromatic rings. The Hall–Kier alpha value is -4.37. The molecule has 1 heterocycles. The average Bonchev–Trinajstić information content (AvgIpc) is 2.82. The minimum atomic E-state index is -1.02. The lowest BCUT2D eigenvalue weighted by atomic mass is 10.1. The molecule has 9 heteroatoms. The van der Waals surface area contributed by atoms with Gasteiger partial charge in [0, 0.05) is 5.56 Å². The minimum Gasteiger partial charge on any atom is -0.488 e. The Labute approximate surface area is 199 Å². The molecule has 1 aliphatic heterocycles. The third-order valence-corrected chi connectivity index (χ3v) is 5.29. The van der Waals surface area contributed by atoms with E-state index in [1.54, 1.807) is 42.5 Å². The number of nitrogens with zero attached hydrogens (tertiary/aromatic N) is 1. The molecule has 1 fully saturated rings. The first-order valence-electron chi connectivity index (χ1n) is 10.0. The highest BCUT2D eigenvalue weighted by Crippen LogP contribution is 2.27. The smallest absolute Gasteiger partial charge is 0.335 e. The van der Waals surface area contributed by atoms with Gasteiger partial charge >= 0.3 is 5.97 Å². The van der Waals surface area contributed by atoms with Crippen molar-refractivity contribution in [2.24, 2.45) is 0 Å². The van der Waals surface area contributed by atoms with Gasteiger partial charge in [-0.3, -0.25) is 14.9 Å². The fourth-order valence-corrected chi connectivity index (χ4v) is 3.57. The van der Waals surface area contributed by atoms with Crippen molar-refractivity contribution in [2.75, 3.05) is 4.90 Å². The highest BCUT2D eigenvalue weighted by Gasteiger charge is 2.35. The van der Waals surface area contributed by atoms with Crippen molar-refractivity contribution >= 4 is 46.9 Å². The number of carboxylic acids is 1. The van der Waals surface area contributed by atoms with Crippen LogP contribution in [0.3, 0.4) is 0 Å². The molecule has 1 aliphatic rings. The Morgan fingerprint density at radius 3 is 2.41 bits per heavy atom. The van der Waals surface area contributed by atoms with Crippen molar-refractivity contribution in [3.8, 4) is 5.75 Å². The molecular weight excluding hydrogens is 459 g/mol. The van der Waals surface area contributed by atoms with Crippen LogP contribution >= 0.6 is 12.2 Å². The maximum Gasteiger partial charge on any atom is 0.335 e. The molecule has 0 unspecified atom stereocenters. The maximum absolute atomic E-state index is 14.3. The Morgan fingerprint density at radius 1 is 1.03 bits per heavy atom. The number of ether oxygens (including phenoxy) is 1. The molecule has 0 aliphatic carbocycles.